The lowest BCUT2D eigenvalue weighted by molar-refractivity contribution is -0.385. The van der Waals surface area contributed by atoms with E-state index in [0.717, 1.165) is 13.2 Å². The third-order valence-electron chi connectivity index (χ3n) is 2.05. The van der Waals surface area contributed by atoms with E-state index in [2.05, 4.69) is 9.53 Å². The van der Waals surface area contributed by atoms with Crippen molar-refractivity contribution in [3.05, 3.63) is 39.9 Å². The number of rotatable bonds is 4. The fourth-order valence-corrected chi connectivity index (χ4v) is 1.24. The zero-order valence-electron chi connectivity index (χ0n) is 9.25. The minimum Gasteiger partial charge on any atom is -0.460 e. The van der Waals surface area contributed by atoms with E-state index in [9.17, 15) is 19.7 Å². The summed E-state index contributed by atoms with van der Waals surface area (Å²) in [6.07, 6.45) is 0. The summed E-state index contributed by atoms with van der Waals surface area (Å²) in [5.41, 5.74) is 5.15. The molecule has 0 bridgehead atoms. The van der Waals surface area contributed by atoms with Crippen molar-refractivity contribution in [3.8, 4) is 0 Å². The van der Waals surface area contributed by atoms with Gasteiger partial charge in [-0.2, -0.15) is 0 Å². The van der Waals surface area contributed by atoms with Gasteiger partial charge in [-0.3, -0.25) is 14.9 Å². The molecule has 8 heteroatoms. The molecule has 92 valence electrons. The van der Waals surface area contributed by atoms with Crippen LogP contribution in [0.1, 0.15) is 10.4 Å². The minimum absolute atomic E-state index is 0.320. The Labute approximate surface area is 101 Å². The number of ether oxygens (including phenoxy) is 1. The number of ketones is 1. The van der Waals surface area contributed by atoms with Gasteiger partial charge >= 0.3 is 11.7 Å². The van der Waals surface area contributed by atoms with Crippen LogP contribution in [0.5, 0.6) is 0 Å². The van der Waals surface area contributed by atoms with Crippen LogP contribution in [-0.2, 0) is 9.53 Å². The number of nitro benzene ring substituents is 1. The number of hydrogen-bond acceptors (Lipinski definition) is 6. The summed E-state index contributed by atoms with van der Waals surface area (Å²) < 4.78 is 4.27. The van der Waals surface area contributed by atoms with Gasteiger partial charge in [0.2, 0.25) is 0 Å². The molecule has 0 amide bonds. The highest BCUT2D eigenvalue weighted by atomic mass is 16.6. The maximum Gasteiger partial charge on any atom is 0.495 e. The number of carbonyl (C=O) groups is 2. The highest BCUT2D eigenvalue weighted by Crippen LogP contribution is 2.18. The summed E-state index contributed by atoms with van der Waals surface area (Å²) in [6.45, 7) is 0. The lowest BCUT2D eigenvalue weighted by Crippen LogP contribution is -2.27. The number of methoxy groups -OCH3 is 1. The average Bonchev–Trinajstić information content (AvgIpc) is 2.39. The summed E-state index contributed by atoms with van der Waals surface area (Å²) in [5.74, 6) is -2.14. The molecule has 0 unspecified atom stereocenters. The Morgan fingerprint density at radius 3 is 2.50 bits per heavy atom. The molecule has 1 aromatic rings. The second-order valence-corrected chi connectivity index (χ2v) is 3.06. The summed E-state index contributed by atoms with van der Waals surface area (Å²) in [6, 6.07) is 5.07. The second-order valence-electron chi connectivity index (χ2n) is 3.06. The number of carbonyl (C=O) groups excluding carboxylic acids is 2. The number of nitrogens with zero attached hydrogens (tertiary/aromatic N) is 2. The number of esters is 1. The molecular weight excluding hydrogens is 242 g/mol. The van der Waals surface area contributed by atoms with Crippen LogP contribution in [0.15, 0.2) is 24.3 Å². The number of benzene rings is 1. The predicted octanol–water partition coefficient (Wildman–Crippen LogP) is 0.631. The normalized spacial score (nSPS) is 9.17. The molecule has 1 aromatic carbocycles. The van der Waals surface area contributed by atoms with E-state index in [1.807, 2.05) is 0 Å². The molecule has 1 N–H and O–H groups in total. The Balaban J connectivity index is 3.31. The summed E-state index contributed by atoms with van der Waals surface area (Å²) >= 11 is 0. The maximum absolute atomic E-state index is 11.8. The lowest BCUT2D eigenvalue weighted by atomic mass is 10.1. The van der Waals surface area contributed by atoms with Gasteiger partial charge in [-0.25, -0.2) is 4.79 Å². The van der Waals surface area contributed by atoms with Crippen LogP contribution in [0.2, 0.25) is 0 Å². The van der Waals surface area contributed by atoms with Gasteiger partial charge in [0.05, 0.1) is 22.4 Å². The number of para-hydroxylation sites is 1. The van der Waals surface area contributed by atoms with Crippen molar-refractivity contribution in [1.82, 2.24) is 0 Å². The van der Waals surface area contributed by atoms with Crippen LogP contribution >= 0.6 is 0 Å². The highest BCUT2D eigenvalue weighted by molar-refractivity contribution is 6.66. The Morgan fingerprint density at radius 1 is 1.39 bits per heavy atom. The largest absolute Gasteiger partial charge is 0.495 e. The maximum atomic E-state index is 11.8. The Kier molecular flexibility index (Phi) is 4.01. The third-order valence-corrected chi connectivity index (χ3v) is 2.05. The van der Waals surface area contributed by atoms with Crippen molar-refractivity contribution < 1.29 is 24.0 Å². The van der Waals surface area contributed by atoms with E-state index < -0.39 is 28.1 Å². The van der Waals surface area contributed by atoms with Gasteiger partial charge < -0.3 is 4.74 Å². The van der Waals surface area contributed by atoms with E-state index in [0.29, 0.717) is 0 Å². The molecule has 0 spiro atoms. The van der Waals surface area contributed by atoms with E-state index >= 15 is 0 Å². The van der Waals surface area contributed by atoms with Crippen LogP contribution in [0.4, 0.5) is 5.69 Å². The van der Waals surface area contributed by atoms with Gasteiger partial charge in [-0.05, 0) is 6.07 Å². The molecule has 0 saturated heterocycles. The van der Waals surface area contributed by atoms with Gasteiger partial charge in [0.15, 0.2) is 0 Å². The second kappa shape index (κ2) is 5.46. The summed E-state index contributed by atoms with van der Waals surface area (Å²) in [5, 5.41) is 10.7. The minimum atomic E-state index is -1.12. The van der Waals surface area contributed by atoms with Crippen LogP contribution in [0.3, 0.4) is 0 Å². The van der Waals surface area contributed by atoms with Crippen molar-refractivity contribution in [2.24, 2.45) is 0 Å². The number of nitrogens with one attached hydrogen (secondary N) is 1. The first-order chi connectivity index (χ1) is 8.52. The summed E-state index contributed by atoms with van der Waals surface area (Å²) in [7, 11) is 1.01. The van der Waals surface area contributed by atoms with Crippen molar-refractivity contribution in [2.45, 2.75) is 0 Å². The van der Waals surface area contributed by atoms with Gasteiger partial charge in [0.1, 0.15) is 5.56 Å². The van der Waals surface area contributed by atoms with Crippen molar-refractivity contribution >= 4 is 23.2 Å². The molecule has 0 aliphatic rings. The quantitative estimate of drug-likeness (QED) is 0.123. The fourth-order valence-electron chi connectivity index (χ4n) is 1.24. The molecule has 0 aromatic heterocycles. The topological polar surface area (TPSA) is 124 Å². The summed E-state index contributed by atoms with van der Waals surface area (Å²) in [4.78, 5) is 35.7. The average molecular weight is 250 g/mol. The van der Waals surface area contributed by atoms with E-state index in [4.69, 9.17) is 5.53 Å². The monoisotopic (exact) mass is 250 g/mol. The van der Waals surface area contributed by atoms with E-state index in [1.165, 1.54) is 18.2 Å². The lowest BCUT2D eigenvalue weighted by Gasteiger charge is -1.97. The zero-order chi connectivity index (χ0) is 13.7. The first-order valence-electron chi connectivity index (χ1n) is 4.63. The van der Waals surface area contributed by atoms with Gasteiger partial charge in [-0.1, -0.05) is 12.1 Å². The molecule has 0 aliphatic heterocycles. The zero-order valence-corrected chi connectivity index (χ0v) is 9.25. The SMILES string of the molecule is COC(=O)C(=[N+]=N)C(=O)c1ccccc1[N+](=O)[O-]. The van der Waals surface area contributed by atoms with Crippen LogP contribution in [-0.4, -0.2) is 34.3 Å². The standard InChI is InChI=1S/C10H8N3O5/c1-18-10(15)8(12-11)9(14)6-4-2-3-5-7(6)13(16)17/h2-5,11H,1H3/q+1. The van der Waals surface area contributed by atoms with Crippen molar-refractivity contribution in [1.29, 1.82) is 5.53 Å². The van der Waals surface area contributed by atoms with Crippen LogP contribution < -0.4 is 0 Å². The fraction of sp³-hybridized carbons (Fsp3) is 0.100. The third kappa shape index (κ3) is 2.45. The molecule has 0 fully saturated rings. The highest BCUT2D eigenvalue weighted by Gasteiger charge is 2.37. The number of nitro groups is 1. The van der Waals surface area contributed by atoms with Crippen molar-refractivity contribution in [2.75, 3.05) is 7.11 Å². The first kappa shape index (κ1) is 13.2. The van der Waals surface area contributed by atoms with Crippen LogP contribution in [0, 0.1) is 15.6 Å². The molecule has 8 nitrogen and oxygen atoms in total. The number of hydrogen-bond donors (Lipinski definition) is 1. The van der Waals surface area contributed by atoms with Crippen LogP contribution in [0.25, 0.3) is 0 Å². The molecule has 0 saturated carbocycles. The molecule has 0 atom stereocenters. The molecule has 0 radical (unpaired) electrons. The molecule has 18 heavy (non-hydrogen) atoms. The van der Waals surface area contributed by atoms with E-state index in [-0.39, 0.29) is 5.56 Å². The van der Waals surface area contributed by atoms with Crippen molar-refractivity contribution in [3.63, 3.8) is 0 Å². The Morgan fingerprint density at radius 2 is 2.00 bits per heavy atom. The number of Topliss-reactive ketones (excluding diaryl/α,β-unsaturated/α-hetero) is 1. The van der Waals surface area contributed by atoms with Gasteiger partial charge in [0.25, 0.3) is 11.5 Å². The molecular formula is C10H8N3O5+. The Hall–Kier alpha value is -2.86. The van der Waals surface area contributed by atoms with Gasteiger partial charge in [0, 0.05) is 6.07 Å². The molecule has 0 heterocycles. The Bertz CT molecular complexity index is 575. The predicted molar refractivity (Wildman–Crippen MR) is 57.4 cm³/mol. The van der Waals surface area contributed by atoms with E-state index in [1.54, 1.807) is 0 Å². The molecule has 1 rings (SSSR count). The first-order valence-corrected chi connectivity index (χ1v) is 4.63. The van der Waals surface area contributed by atoms with Gasteiger partial charge in [-0.15, -0.1) is 0 Å². The smallest absolute Gasteiger partial charge is 0.460 e. The molecule has 0 aliphatic carbocycles.